The van der Waals surface area contributed by atoms with Crippen LogP contribution in [0.1, 0.15) is 29.5 Å². The Bertz CT molecular complexity index is 618. The molecule has 0 radical (unpaired) electrons. The molecular formula is C17H17NO. The number of likely N-dealkylation sites (N-methyl/N-ethyl adjacent to an activating group) is 1. The molecule has 1 heterocycles. The third-order valence-electron chi connectivity index (χ3n) is 3.98. The molecule has 3 rings (SSSR count). The van der Waals surface area contributed by atoms with Gasteiger partial charge in [0.2, 0.25) is 5.91 Å². The Morgan fingerprint density at radius 1 is 1.05 bits per heavy atom. The van der Waals surface area contributed by atoms with Gasteiger partial charge in [0.1, 0.15) is 0 Å². The fourth-order valence-electron chi connectivity index (χ4n) is 2.69. The number of rotatable bonds is 2. The summed E-state index contributed by atoms with van der Waals surface area (Å²) < 4.78 is 0. The van der Waals surface area contributed by atoms with Gasteiger partial charge in [-0.15, -0.1) is 0 Å². The lowest BCUT2D eigenvalue weighted by Crippen LogP contribution is -2.20. The summed E-state index contributed by atoms with van der Waals surface area (Å²) in [5, 5.41) is 0. The van der Waals surface area contributed by atoms with E-state index in [0.717, 1.165) is 11.3 Å². The molecule has 1 aliphatic heterocycles. The van der Waals surface area contributed by atoms with E-state index in [1.165, 1.54) is 11.1 Å². The summed E-state index contributed by atoms with van der Waals surface area (Å²) in [5.74, 6) is 0.534. The lowest BCUT2D eigenvalue weighted by Gasteiger charge is -2.15. The molecule has 2 nitrogen and oxygen atoms in total. The van der Waals surface area contributed by atoms with Crippen LogP contribution in [0, 0.1) is 0 Å². The summed E-state index contributed by atoms with van der Waals surface area (Å²) in [6.07, 6.45) is 0.529. The molecule has 0 N–H and O–H groups in total. The van der Waals surface area contributed by atoms with Crippen molar-refractivity contribution in [2.45, 2.75) is 19.3 Å². The van der Waals surface area contributed by atoms with E-state index in [-0.39, 0.29) is 5.91 Å². The fraction of sp³-hybridized carbons (Fsp3) is 0.235. The first-order valence-corrected chi connectivity index (χ1v) is 6.61. The molecule has 1 unspecified atom stereocenters. The third kappa shape index (κ3) is 2.03. The van der Waals surface area contributed by atoms with Crippen LogP contribution in [0.5, 0.6) is 0 Å². The maximum absolute atomic E-state index is 11.7. The molecule has 0 aromatic heterocycles. The van der Waals surface area contributed by atoms with Crippen molar-refractivity contribution in [1.82, 2.24) is 0 Å². The Labute approximate surface area is 113 Å². The normalized spacial score (nSPS) is 15.5. The monoisotopic (exact) mass is 251 g/mol. The van der Waals surface area contributed by atoms with E-state index in [4.69, 9.17) is 0 Å². The lowest BCUT2D eigenvalue weighted by atomic mass is 9.91. The van der Waals surface area contributed by atoms with E-state index in [1.807, 2.05) is 13.1 Å². The Balaban J connectivity index is 1.96. The first-order valence-electron chi connectivity index (χ1n) is 6.61. The van der Waals surface area contributed by atoms with Gasteiger partial charge in [0.25, 0.3) is 0 Å². The van der Waals surface area contributed by atoms with Crippen molar-refractivity contribution in [3.05, 3.63) is 65.2 Å². The molecule has 2 heteroatoms. The number of hydrogen-bond donors (Lipinski definition) is 0. The quantitative estimate of drug-likeness (QED) is 0.801. The van der Waals surface area contributed by atoms with E-state index < -0.39 is 0 Å². The number of benzene rings is 2. The van der Waals surface area contributed by atoms with Crippen LogP contribution in [-0.2, 0) is 11.2 Å². The van der Waals surface area contributed by atoms with Crippen molar-refractivity contribution in [2.75, 3.05) is 11.9 Å². The molecule has 1 atom stereocenters. The van der Waals surface area contributed by atoms with E-state index in [9.17, 15) is 4.79 Å². The second kappa shape index (κ2) is 4.54. The maximum atomic E-state index is 11.7. The number of carbonyl (C=O) groups excluding carboxylic acids is 1. The average molecular weight is 251 g/mol. The standard InChI is InChI=1S/C17H17NO/c1-12(13-6-4-3-5-7-13)14-8-9-16-15(10-14)11-17(19)18(16)2/h3-10,12H,11H2,1-2H3. The van der Waals surface area contributed by atoms with Crippen LogP contribution in [0.4, 0.5) is 5.69 Å². The Morgan fingerprint density at radius 3 is 2.53 bits per heavy atom. The van der Waals surface area contributed by atoms with Crippen molar-refractivity contribution < 1.29 is 4.79 Å². The summed E-state index contributed by atoms with van der Waals surface area (Å²) in [6, 6.07) is 16.8. The molecule has 19 heavy (non-hydrogen) atoms. The predicted molar refractivity (Wildman–Crippen MR) is 77.5 cm³/mol. The highest BCUT2D eigenvalue weighted by molar-refractivity contribution is 6.00. The van der Waals surface area contributed by atoms with Gasteiger partial charge in [0, 0.05) is 18.7 Å². The largest absolute Gasteiger partial charge is 0.315 e. The molecule has 0 saturated heterocycles. The molecule has 96 valence electrons. The van der Waals surface area contributed by atoms with Gasteiger partial charge in [-0.1, -0.05) is 49.4 Å². The van der Waals surface area contributed by atoms with Gasteiger partial charge in [-0.3, -0.25) is 4.79 Å². The molecule has 2 aromatic carbocycles. The molecule has 2 aromatic rings. The van der Waals surface area contributed by atoms with E-state index in [1.54, 1.807) is 4.90 Å². The Hall–Kier alpha value is -2.09. The van der Waals surface area contributed by atoms with Crippen molar-refractivity contribution in [3.63, 3.8) is 0 Å². The van der Waals surface area contributed by atoms with Gasteiger partial charge in [-0.25, -0.2) is 0 Å². The summed E-state index contributed by atoms with van der Waals surface area (Å²) in [6.45, 7) is 2.21. The minimum absolute atomic E-state index is 0.180. The van der Waals surface area contributed by atoms with E-state index >= 15 is 0 Å². The highest BCUT2D eigenvalue weighted by Crippen LogP contribution is 2.32. The number of nitrogens with zero attached hydrogens (tertiary/aromatic N) is 1. The predicted octanol–water partition coefficient (Wildman–Crippen LogP) is 3.36. The smallest absolute Gasteiger partial charge is 0.231 e. The van der Waals surface area contributed by atoms with Gasteiger partial charge in [-0.05, 0) is 22.8 Å². The van der Waals surface area contributed by atoms with Crippen LogP contribution in [0.3, 0.4) is 0 Å². The van der Waals surface area contributed by atoms with Crippen molar-refractivity contribution >= 4 is 11.6 Å². The summed E-state index contributed by atoms with van der Waals surface area (Å²) in [5.41, 5.74) is 4.77. The zero-order valence-electron chi connectivity index (χ0n) is 11.3. The molecule has 0 aliphatic carbocycles. The van der Waals surface area contributed by atoms with Crippen LogP contribution in [0.15, 0.2) is 48.5 Å². The first kappa shape index (κ1) is 12.0. The molecule has 0 spiro atoms. The second-order valence-corrected chi connectivity index (χ2v) is 5.15. The van der Waals surface area contributed by atoms with E-state index in [0.29, 0.717) is 12.3 Å². The number of carbonyl (C=O) groups is 1. The van der Waals surface area contributed by atoms with E-state index in [2.05, 4.69) is 49.4 Å². The van der Waals surface area contributed by atoms with Gasteiger partial charge in [0.05, 0.1) is 6.42 Å². The topological polar surface area (TPSA) is 20.3 Å². The fourth-order valence-corrected chi connectivity index (χ4v) is 2.69. The average Bonchev–Trinajstić information content (AvgIpc) is 2.74. The minimum atomic E-state index is 0.180. The van der Waals surface area contributed by atoms with Gasteiger partial charge >= 0.3 is 0 Å². The molecule has 1 amide bonds. The maximum Gasteiger partial charge on any atom is 0.231 e. The molecular weight excluding hydrogens is 234 g/mol. The summed E-state index contributed by atoms with van der Waals surface area (Å²) >= 11 is 0. The van der Waals surface area contributed by atoms with Crippen LogP contribution in [0.25, 0.3) is 0 Å². The number of anilines is 1. The first-order chi connectivity index (χ1) is 9.16. The zero-order valence-corrected chi connectivity index (χ0v) is 11.3. The van der Waals surface area contributed by atoms with Crippen LogP contribution < -0.4 is 4.90 Å². The minimum Gasteiger partial charge on any atom is -0.315 e. The molecule has 0 bridgehead atoms. The summed E-state index contributed by atoms with van der Waals surface area (Å²) in [4.78, 5) is 13.5. The number of fused-ring (bicyclic) bond motifs is 1. The van der Waals surface area contributed by atoms with Gasteiger partial charge < -0.3 is 4.90 Å². The summed E-state index contributed by atoms with van der Waals surface area (Å²) in [7, 11) is 1.84. The Morgan fingerprint density at radius 2 is 1.79 bits per heavy atom. The van der Waals surface area contributed by atoms with Gasteiger partial charge in [-0.2, -0.15) is 0 Å². The molecule has 0 fully saturated rings. The van der Waals surface area contributed by atoms with Crippen molar-refractivity contribution in [1.29, 1.82) is 0 Å². The SMILES string of the molecule is CC(c1ccccc1)c1ccc2c(c1)CC(=O)N2C. The third-order valence-corrected chi connectivity index (χ3v) is 3.98. The highest BCUT2D eigenvalue weighted by atomic mass is 16.2. The van der Waals surface area contributed by atoms with Crippen LogP contribution in [0.2, 0.25) is 0 Å². The van der Waals surface area contributed by atoms with Crippen molar-refractivity contribution in [3.8, 4) is 0 Å². The van der Waals surface area contributed by atoms with Crippen LogP contribution in [-0.4, -0.2) is 13.0 Å². The van der Waals surface area contributed by atoms with Crippen molar-refractivity contribution in [2.24, 2.45) is 0 Å². The number of amides is 1. The van der Waals surface area contributed by atoms with Crippen LogP contribution >= 0.6 is 0 Å². The highest BCUT2D eigenvalue weighted by Gasteiger charge is 2.24. The zero-order chi connectivity index (χ0) is 13.4. The lowest BCUT2D eigenvalue weighted by molar-refractivity contribution is -0.117. The molecule has 0 saturated carbocycles. The number of hydrogen-bond acceptors (Lipinski definition) is 1. The Kier molecular flexibility index (Phi) is 2.86. The molecule has 1 aliphatic rings. The van der Waals surface area contributed by atoms with Gasteiger partial charge in [0.15, 0.2) is 0 Å². The second-order valence-electron chi connectivity index (χ2n) is 5.15.